The van der Waals surface area contributed by atoms with Gasteiger partial charge in [0.05, 0.1) is 6.61 Å². The Hall–Kier alpha value is -2.13. The van der Waals surface area contributed by atoms with Gasteiger partial charge in [0.25, 0.3) is 5.95 Å². The van der Waals surface area contributed by atoms with Gasteiger partial charge in [-0.2, -0.15) is 4.98 Å². The van der Waals surface area contributed by atoms with E-state index in [0.717, 1.165) is 0 Å². The molecule has 0 spiro atoms. The van der Waals surface area contributed by atoms with Gasteiger partial charge in [-0.15, -0.1) is 4.73 Å². The first-order valence-corrected chi connectivity index (χ1v) is 5.35. The van der Waals surface area contributed by atoms with Gasteiger partial charge in [-0.05, 0) is 13.3 Å². The van der Waals surface area contributed by atoms with Crippen molar-refractivity contribution in [1.82, 2.24) is 19.7 Å². The third-order valence-electron chi connectivity index (χ3n) is 2.19. The predicted octanol–water partition coefficient (Wildman–Crippen LogP) is 0.203. The van der Waals surface area contributed by atoms with Crippen molar-refractivity contribution in [1.29, 1.82) is 0 Å². The van der Waals surface area contributed by atoms with E-state index in [2.05, 4.69) is 15.0 Å². The Morgan fingerprint density at radius 3 is 2.89 bits per heavy atom. The van der Waals surface area contributed by atoms with Crippen LogP contribution in [0.15, 0.2) is 4.79 Å². The number of aromatic amines is 1. The molecule has 2 rings (SSSR count). The minimum Gasteiger partial charge on any atom is -0.422 e. The fraction of sp³-hybridized carbons (Fsp3) is 0.444. The Kier molecular flexibility index (Phi) is 3.17. The normalized spacial score (nSPS) is 11.1. The van der Waals surface area contributed by atoms with Crippen molar-refractivity contribution in [3.05, 3.63) is 16.2 Å². The molecule has 2 heterocycles. The van der Waals surface area contributed by atoms with E-state index in [-0.39, 0.29) is 27.7 Å². The van der Waals surface area contributed by atoms with Gasteiger partial charge in [0.15, 0.2) is 11.2 Å². The molecule has 0 saturated heterocycles. The van der Waals surface area contributed by atoms with Crippen molar-refractivity contribution < 1.29 is 15.3 Å². The summed E-state index contributed by atoms with van der Waals surface area (Å²) < 4.78 is 0.190. The van der Waals surface area contributed by atoms with Gasteiger partial charge in [-0.3, -0.25) is 10.0 Å². The summed E-state index contributed by atoms with van der Waals surface area (Å²) in [6.07, 6.45) is 0.649. The summed E-state index contributed by atoms with van der Waals surface area (Å²) in [6.45, 7) is 3.70. The zero-order valence-electron chi connectivity index (χ0n) is 9.91. The van der Waals surface area contributed by atoms with Crippen LogP contribution in [0.5, 0.6) is 0 Å². The molecular weight excluding hydrogens is 242 g/mol. The Balaban J connectivity index is 2.51. The van der Waals surface area contributed by atoms with Crippen LogP contribution in [-0.4, -0.2) is 36.7 Å². The average molecular weight is 255 g/mol. The first-order valence-electron chi connectivity index (χ1n) is 5.35. The Morgan fingerprint density at radius 2 is 2.22 bits per heavy atom. The summed E-state index contributed by atoms with van der Waals surface area (Å²) in [5.41, 5.74) is -0.616. The zero-order valence-corrected chi connectivity index (χ0v) is 9.91. The van der Waals surface area contributed by atoms with Crippen molar-refractivity contribution in [3.8, 4) is 0 Å². The fourth-order valence-electron chi connectivity index (χ4n) is 1.41. The summed E-state index contributed by atoms with van der Waals surface area (Å²) in [6, 6.07) is 0. The molecule has 18 heavy (non-hydrogen) atoms. The summed E-state index contributed by atoms with van der Waals surface area (Å²) in [5, 5.41) is 19.3. The third-order valence-corrected chi connectivity index (χ3v) is 2.19. The van der Waals surface area contributed by atoms with E-state index in [9.17, 15) is 15.2 Å². The molecule has 0 aliphatic heterocycles. The molecule has 2 aromatic heterocycles. The van der Waals surface area contributed by atoms with E-state index in [1.807, 2.05) is 6.92 Å². The Bertz CT molecular complexity index is 619. The van der Waals surface area contributed by atoms with Crippen LogP contribution < -0.4 is 10.8 Å². The molecule has 98 valence electrons. The van der Waals surface area contributed by atoms with E-state index >= 15 is 0 Å². The van der Waals surface area contributed by atoms with Crippen LogP contribution >= 0.6 is 0 Å². The van der Waals surface area contributed by atoms with Crippen LogP contribution in [0.2, 0.25) is 0 Å². The van der Waals surface area contributed by atoms with Crippen molar-refractivity contribution in [2.75, 3.05) is 11.8 Å². The quantitative estimate of drug-likeness (QED) is 0.527. The SMILES string of the molecule is CCCON(O)c1nc2nc(C)[nH]c2c(=O)n1O. The first kappa shape index (κ1) is 12.3. The second-order valence-corrected chi connectivity index (χ2v) is 3.66. The number of hydrogen-bond donors (Lipinski definition) is 3. The molecule has 2 aromatic rings. The molecule has 0 saturated carbocycles. The lowest BCUT2D eigenvalue weighted by Gasteiger charge is -2.15. The molecule has 0 unspecified atom stereocenters. The Labute approximate surface area is 101 Å². The highest BCUT2D eigenvalue weighted by atomic mass is 16.9. The van der Waals surface area contributed by atoms with Gasteiger partial charge in [0.2, 0.25) is 0 Å². The number of hydrogen-bond acceptors (Lipinski definition) is 7. The number of rotatable bonds is 4. The smallest absolute Gasteiger partial charge is 0.314 e. The lowest BCUT2D eigenvalue weighted by atomic mass is 10.5. The molecule has 0 atom stereocenters. The second kappa shape index (κ2) is 4.63. The molecule has 3 N–H and O–H groups in total. The maximum Gasteiger partial charge on any atom is 0.314 e. The molecular formula is C9H13N5O4. The van der Waals surface area contributed by atoms with Crippen LogP contribution in [0, 0.1) is 6.92 Å². The molecule has 0 aliphatic carbocycles. The molecule has 0 radical (unpaired) electrons. The molecule has 9 nitrogen and oxygen atoms in total. The number of nitrogens with one attached hydrogen (secondary N) is 1. The lowest BCUT2D eigenvalue weighted by molar-refractivity contribution is -0.0526. The van der Waals surface area contributed by atoms with Gasteiger partial charge in [0, 0.05) is 0 Å². The second-order valence-electron chi connectivity index (χ2n) is 3.66. The number of imidazole rings is 1. The van der Waals surface area contributed by atoms with E-state index < -0.39 is 11.5 Å². The topological polar surface area (TPSA) is 117 Å². The molecule has 0 aromatic carbocycles. The number of anilines is 1. The number of fused-ring (bicyclic) bond motifs is 1. The summed E-state index contributed by atoms with van der Waals surface area (Å²) in [7, 11) is 0. The average Bonchev–Trinajstić information content (AvgIpc) is 2.71. The summed E-state index contributed by atoms with van der Waals surface area (Å²) in [5.74, 6) is 0.0261. The van der Waals surface area contributed by atoms with Crippen LogP contribution in [0.4, 0.5) is 5.95 Å². The van der Waals surface area contributed by atoms with Crippen molar-refractivity contribution in [3.63, 3.8) is 0 Å². The van der Waals surface area contributed by atoms with Crippen LogP contribution in [-0.2, 0) is 4.84 Å². The van der Waals surface area contributed by atoms with Crippen molar-refractivity contribution in [2.24, 2.45) is 0 Å². The highest BCUT2D eigenvalue weighted by Gasteiger charge is 2.18. The fourth-order valence-corrected chi connectivity index (χ4v) is 1.41. The standard InChI is InChI=1S/C9H13N5O4/c1-3-4-18-14(17)9-12-7-6(8(15)13(9)16)10-5(2)11-7/h16-17H,3-4H2,1-2H3,(H,10,11). The highest BCUT2D eigenvalue weighted by Crippen LogP contribution is 2.11. The molecule has 0 bridgehead atoms. The summed E-state index contributed by atoms with van der Waals surface area (Å²) in [4.78, 5) is 27.0. The van der Waals surface area contributed by atoms with E-state index in [1.54, 1.807) is 6.92 Å². The van der Waals surface area contributed by atoms with Crippen LogP contribution in [0.3, 0.4) is 0 Å². The molecule has 9 heteroatoms. The minimum atomic E-state index is -0.769. The van der Waals surface area contributed by atoms with Gasteiger partial charge in [-0.25, -0.2) is 9.82 Å². The Morgan fingerprint density at radius 1 is 1.50 bits per heavy atom. The third kappa shape index (κ3) is 2.00. The largest absolute Gasteiger partial charge is 0.422 e. The number of nitrogens with zero attached hydrogens (tertiary/aromatic N) is 4. The minimum absolute atomic E-state index is 0.0580. The van der Waals surface area contributed by atoms with Crippen LogP contribution in [0.1, 0.15) is 19.2 Å². The van der Waals surface area contributed by atoms with Crippen LogP contribution in [0.25, 0.3) is 11.2 Å². The van der Waals surface area contributed by atoms with Crippen molar-refractivity contribution >= 4 is 17.1 Å². The number of aromatic nitrogens is 4. The van der Waals surface area contributed by atoms with Crippen molar-refractivity contribution in [2.45, 2.75) is 20.3 Å². The number of aryl methyl sites for hydroxylation is 1. The van der Waals surface area contributed by atoms with Gasteiger partial charge in [-0.1, -0.05) is 12.2 Å². The van der Waals surface area contributed by atoms with Gasteiger partial charge in [0.1, 0.15) is 5.82 Å². The van der Waals surface area contributed by atoms with E-state index in [0.29, 0.717) is 12.2 Å². The molecule has 0 fully saturated rings. The highest BCUT2D eigenvalue weighted by molar-refractivity contribution is 5.70. The predicted molar refractivity (Wildman–Crippen MR) is 60.6 cm³/mol. The molecule has 0 aliphatic rings. The van der Waals surface area contributed by atoms with E-state index in [4.69, 9.17) is 4.84 Å². The lowest BCUT2D eigenvalue weighted by Crippen LogP contribution is -2.30. The van der Waals surface area contributed by atoms with E-state index in [1.165, 1.54) is 0 Å². The van der Waals surface area contributed by atoms with Gasteiger partial charge >= 0.3 is 5.56 Å². The maximum absolute atomic E-state index is 11.7. The van der Waals surface area contributed by atoms with Gasteiger partial charge < -0.3 is 10.2 Å². The molecule has 0 amide bonds. The monoisotopic (exact) mass is 255 g/mol. The zero-order chi connectivity index (χ0) is 13.3. The first-order chi connectivity index (χ1) is 8.54. The maximum atomic E-state index is 11.7. The summed E-state index contributed by atoms with van der Waals surface area (Å²) >= 11 is 0. The number of H-pyrrole nitrogens is 1.